The summed E-state index contributed by atoms with van der Waals surface area (Å²) in [6.07, 6.45) is 1.64. The highest BCUT2D eigenvalue weighted by molar-refractivity contribution is 8.00. The minimum absolute atomic E-state index is 0.0550. The maximum absolute atomic E-state index is 15.4. The summed E-state index contributed by atoms with van der Waals surface area (Å²) in [6.45, 7) is -0.131. The molecule has 0 bridgehead atoms. The number of hydrogen-bond donors (Lipinski definition) is 1. The summed E-state index contributed by atoms with van der Waals surface area (Å²) in [5.41, 5.74) is 3.25. The van der Waals surface area contributed by atoms with Gasteiger partial charge < -0.3 is 10.1 Å². The Morgan fingerprint density at radius 3 is 2.50 bits per heavy atom. The maximum atomic E-state index is 15.4. The highest BCUT2D eigenvalue weighted by Crippen LogP contribution is 2.49. The second-order valence-electron chi connectivity index (χ2n) is 10.00. The molecule has 8 nitrogen and oxygen atoms in total. The normalized spacial score (nSPS) is 14.6. The first-order valence-corrected chi connectivity index (χ1v) is 14.8. The molecular weight excluding hydrogens is 584 g/mol. The Morgan fingerprint density at radius 1 is 1.02 bits per heavy atom. The number of anilines is 1. The summed E-state index contributed by atoms with van der Waals surface area (Å²) >= 11 is 1.20. The van der Waals surface area contributed by atoms with Crippen molar-refractivity contribution in [1.82, 2.24) is 20.1 Å². The first-order chi connectivity index (χ1) is 21.4. The molecule has 1 unspecified atom stereocenters. The number of thioether (sulfide) groups is 1. The van der Waals surface area contributed by atoms with Crippen molar-refractivity contribution in [2.45, 2.75) is 11.8 Å². The van der Waals surface area contributed by atoms with Gasteiger partial charge in [0.25, 0.3) is 0 Å². The van der Waals surface area contributed by atoms with Crippen molar-refractivity contribution in [1.29, 1.82) is 0 Å². The summed E-state index contributed by atoms with van der Waals surface area (Å²) in [7, 11) is 1.56. The van der Waals surface area contributed by atoms with Crippen LogP contribution in [0.5, 0.6) is 5.75 Å². The zero-order chi connectivity index (χ0) is 30.6. The lowest BCUT2D eigenvalue weighted by Gasteiger charge is -2.23. The second kappa shape index (κ2) is 12.7. The average Bonchev–Trinajstić information content (AvgIpc) is 3.38. The quantitative estimate of drug-likeness (QED) is 0.242. The molecule has 222 valence electrons. The van der Waals surface area contributed by atoms with Crippen LogP contribution in [0.15, 0.2) is 97.2 Å². The molecule has 6 rings (SSSR count). The number of benzene rings is 3. The van der Waals surface area contributed by atoms with Gasteiger partial charge in [-0.1, -0.05) is 42.5 Å². The van der Waals surface area contributed by atoms with E-state index in [9.17, 15) is 14.0 Å². The lowest BCUT2D eigenvalue weighted by atomic mass is 9.99. The van der Waals surface area contributed by atoms with Crippen LogP contribution in [-0.2, 0) is 16.1 Å². The number of nitrogens with one attached hydrogen (secondary N) is 1. The van der Waals surface area contributed by atoms with Crippen LogP contribution < -0.4 is 15.0 Å². The Labute approximate surface area is 256 Å². The molecule has 0 spiro atoms. The van der Waals surface area contributed by atoms with E-state index in [2.05, 4.69) is 10.3 Å². The van der Waals surface area contributed by atoms with E-state index in [1.54, 1.807) is 54.4 Å². The zero-order valence-corrected chi connectivity index (χ0v) is 24.4. The second-order valence-corrected chi connectivity index (χ2v) is 11.1. The summed E-state index contributed by atoms with van der Waals surface area (Å²) in [5, 5.41) is 7.07. The molecule has 11 heteroatoms. The van der Waals surface area contributed by atoms with Gasteiger partial charge in [-0.05, 0) is 42.5 Å². The molecule has 2 aromatic heterocycles. The minimum Gasteiger partial charge on any atom is -0.497 e. The molecule has 44 heavy (non-hydrogen) atoms. The van der Waals surface area contributed by atoms with Crippen LogP contribution in [0.3, 0.4) is 0 Å². The van der Waals surface area contributed by atoms with Gasteiger partial charge in [-0.25, -0.2) is 13.5 Å². The fourth-order valence-corrected chi connectivity index (χ4v) is 6.30. The molecule has 3 aromatic carbocycles. The first-order valence-electron chi connectivity index (χ1n) is 13.8. The van der Waals surface area contributed by atoms with E-state index < -0.39 is 22.8 Å². The molecule has 1 aliphatic rings. The molecule has 3 heterocycles. The smallest absolute Gasteiger partial charge is 0.240 e. The summed E-state index contributed by atoms with van der Waals surface area (Å²) in [6, 6.07) is 25.3. The van der Waals surface area contributed by atoms with E-state index in [-0.39, 0.29) is 30.3 Å². The molecule has 0 saturated carbocycles. The molecule has 0 fully saturated rings. The first kappa shape index (κ1) is 29.1. The molecule has 0 radical (unpaired) electrons. The van der Waals surface area contributed by atoms with Crippen molar-refractivity contribution in [3.63, 3.8) is 0 Å². The van der Waals surface area contributed by atoms with Crippen LogP contribution in [0.4, 0.5) is 14.6 Å². The molecule has 1 N–H and O–H groups in total. The van der Waals surface area contributed by atoms with Gasteiger partial charge in [0, 0.05) is 29.0 Å². The number of amides is 2. The van der Waals surface area contributed by atoms with Crippen LogP contribution in [0.25, 0.3) is 16.9 Å². The Hall–Kier alpha value is -5.03. The minimum atomic E-state index is -0.738. The van der Waals surface area contributed by atoms with Crippen LogP contribution in [0.1, 0.15) is 22.1 Å². The highest BCUT2D eigenvalue weighted by Gasteiger charge is 2.38. The molecule has 0 aliphatic carbocycles. The van der Waals surface area contributed by atoms with Gasteiger partial charge in [0.15, 0.2) is 0 Å². The summed E-state index contributed by atoms with van der Waals surface area (Å²) in [4.78, 5) is 32.8. The van der Waals surface area contributed by atoms with Crippen molar-refractivity contribution in [2.75, 3.05) is 24.3 Å². The number of methoxy groups -OCH3 is 1. The Bertz CT molecular complexity index is 1800. The highest BCUT2D eigenvalue weighted by atomic mass is 32.2. The number of pyridine rings is 1. The van der Waals surface area contributed by atoms with Gasteiger partial charge in [0.2, 0.25) is 11.8 Å². The summed E-state index contributed by atoms with van der Waals surface area (Å²) < 4.78 is 36.3. The largest absolute Gasteiger partial charge is 0.497 e. The van der Waals surface area contributed by atoms with E-state index in [0.717, 1.165) is 11.6 Å². The van der Waals surface area contributed by atoms with Crippen LogP contribution >= 0.6 is 11.8 Å². The Kier molecular flexibility index (Phi) is 8.38. The number of ether oxygens (including phenoxy) is 1. The zero-order valence-electron chi connectivity index (χ0n) is 23.6. The van der Waals surface area contributed by atoms with Gasteiger partial charge in [0.1, 0.15) is 29.7 Å². The average molecular weight is 612 g/mol. The van der Waals surface area contributed by atoms with Gasteiger partial charge in [0.05, 0.1) is 41.7 Å². The number of halogens is 2. The SMILES string of the molecule is COc1ccc(-n2nc(-c3ccccc3)c3c2N(CC(=O)NCc2ccccn2)C(=O)CSC3c2ccc(F)cc2F)cc1. The lowest BCUT2D eigenvalue weighted by Crippen LogP contribution is -2.42. The Balaban J connectivity index is 1.53. The van der Waals surface area contributed by atoms with Crippen molar-refractivity contribution in [2.24, 2.45) is 0 Å². The van der Waals surface area contributed by atoms with Gasteiger partial charge >= 0.3 is 0 Å². The molecular formula is C33H27F2N5O3S. The maximum Gasteiger partial charge on any atom is 0.240 e. The molecule has 0 saturated heterocycles. The van der Waals surface area contributed by atoms with Gasteiger partial charge in [-0.3, -0.25) is 19.5 Å². The van der Waals surface area contributed by atoms with Crippen molar-refractivity contribution in [3.8, 4) is 22.7 Å². The number of carbonyl (C=O) groups is 2. The van der Waals surface area contributed by atoms with E-state index in [1.165, 1.54) is 28.8 Å². The fraction of sp³-hybridized carbons (Fsp3) is 0.152. The third-order valence-electron chi connectivity index (χ3n) is 7.19. The van der Waals surface area contributed by atoms with Crippen LogP contribution in [0, 0.1) is 11.6 Å². The van der Waals surface area contributed by atoms with Crippen molar-refractivity contribution < 1.29 is 23.1 Å². The van der Waals surface area contributed by atoms with Crippen molar-refractivity contribution in [3.05, 3.63) is 126 Å². The third-order valence-corrected chi connectivity index (χ3v) is 8.43. The topological polar surface area (TPSA) is 89.3 Å². The Morgan fingerprint density at radius 2 is 1.80 bits per heavy atom. The number of aromatic nitrogens is 3. The molecule has 2 amide bonds. The predicted octanol–water partition coefficient (Wildman–Crippen LogP) is 5.71. The number of fused-ring (bicyclic) bond motifs is 1. The monoisotopic (exact) mass is 611 g/mol. The number of rotatable bonds is 8. The van der Waals surface area contributed by atoms with E-state index in [4.69, 9.17) is 9.84 Å². The fourth-order valence-electron chi connectivity index (χ4n) is 5.08. The van der Waals surface area contributed by atoms with Crippen LogP contribution in [-0.4, -0.2) is 46.0 Å². The number of carbonyl (C=O) groups excluding carboxylic acids is 2. The standard InChI is InChI=1S/C33H27F2N5O3S/c1-43-25-13-11-24(12-14-25)40-33-30(31(38-40)21-7-3-2-4-8-21)32(26-15-10-22(34)17-27(26)35)44-20-29(42)39(33)19-28(41)37-18-23-9-5-6-16-36-23/h2-17,32H,18-20H2,1H3,(H,37,41). The molecule has 5 aromatic rings. The van der Waals surface area contributed by atoms with E-state index >= 15 is 4.39 Å². The molecule has 1 aliphatic heterocycles. The van der Waals surface area contributed by atoms with Gasteiger partial charge in [-0.15, -0.1) is 11.8 Å². The van der Waals surface area contributed by atoms with Gasteiger partial charge in [-0.2, -0.15) is 5.10 Å². The van der Waals surface area contributed by atoms with Crippen LogP contribution in [0.2, 0.25) is 0 Å². The third kappa shape index (κ3) is 5.91. The van der Waals surface area contributed by atoms with E-state index in [1.807, 2.05) is 36.4 Å². The predicted molar refractivity (Wildman–Crippen MR) is 165 cm³/mol. The van der Waals surface area contributed by atoms with Crippen molar-refractivity contribution >= 4 is 29.4 Å². The summed E-state index contributed by atoms with van der Waals surface area (Å²) in [5.74, 6) is -1.31. The molecule has 1 atom stereocenters. The number of hydrogen-bond acceptors (Lipinski definition) is 6. The number of nitrogens with zero attached hydrogens (tertiary/aromatic N) is 4. The lowest BCUT2D eigenvalue weighted by molar-refractivity contribution is -0.123. The van der Waals surface area contributed by atoms with E-state index in [0.29, 0.717) is 34.2 Å².